The van der Waals surface area contributed by atoms with Crippen molar-refractivity contribution in [3.63, 3.8) is 0 Å². The normalized spacial score (nSPS) is 14.3. The molecule has 1 aliphatic heterocycles. The fourth-order valence-corrected chi connectivity index (χ4v) is 4.02. The Labute approximate surface area is 175 Å². The Hall–Kier alpha value is -2.57. The first-order valence-electron chi connectivity index (χ1n) is 9.55. The molecule has 0 spiro atoms. The molecular formula is C23H25NO4S. The minimum absolute atomic E-state index is 0.0805. The van der Waals surface area contributed by atoms with Crippen molar-refractivity contribution in [2.75, 3.05) is 17.3 Å². The fourth-order valence-electron chi connectivity index (χ4n) is 3.16. The van der Waals surface area contributed by atoms with Crippen LogP contribution in [-0.2, 0) is 9.59 Å². The fraction of sp³-hybridized carbons (Fsp3) is 0.304. The second-order valence-electron chi connectivity index (χ2n) is 7.16. The molecule has 0 atom stereocenters. The van der Waals surface area contributed by atoms with Gasteiger partial charge in [-0.05, 0) is 56.5 Å². The molecule has 6 heteroatoms. The van der Waals surface area contributed by atoms with Gasteiger partial charge in [0.2, 0.25) is 0 Å². The maximum Gasteiger partial charge on any atom is 0.272 e. The van der Waals surface area contributed by atoms with Gasteiger partial charge in [0, 0.05) is 5.75 Å². The van der Waals surface area contributed by atoms with Crippen LogP contribution in [0.25, 0.3) is 5.57 Å². The van der Waals surface area contributed by atoms with Crippen LogP contribution < -0.4 is 9.64 Å². The molecule has 0 radical (unpaired) electrons. The molecule has 29 heavy (non-hydrogen) atoms. The minimum Gasteiger partial charge on any atom is -0.489 e. The Morgan fingerprint density at radius 2 is 1.76 bits per heavy atom. The Balaban J connectivity index is 2.10. The maximum absolute atomic E-state index is 13.4. The molecule has 5 nitrogen and oxygen atoms in total. The van der Waals surface area contributed by atoms with Gasteiger partial charge in [-0.2, -0.15) is 0 Å². The van der Waals surface area contributed by atoms with Crippen LogP contribution in [0, 0.1) is 13.8 Å². The number of carbonyl (C=O) groups excluding carboxylic acids is 2. The zero-order valence-electron chi connectivity index (χ0n) is 17.1. The van der Waals surface area contributed by atoms with Crippen LogP contribution in [0.4, 0.5) is 5.69 Å². The Morgan fingerprint density at radius 1 is 1.03 bits per heavy atom. The largest absolute Gasteiger partial charge is 0.489 e. The molecule has 1 N–H and O–H groups in total. The van der Waals surface area contributed by atoms with Crippen molar-refractivity contribution in [1.82, 2.24) is 0 Å². The number of anilines is 1. The SMILES string of the molecule is Cc1ccc(C2=C(SCCO)C(=O)N(c3ccccc3OC(C)C)C2=O)cc1C. The summed E-state index contributed by atoms with van der Waals surface area (Å²) in [6, 6.07) is 12.8. The zero-order valence-corrected chi connectivity index (χ0v) is 17.9. The minimum atomic E-state index is -0.388. The van der Waals surface area contributed by atoms with E-state index in [1.54, 1.807) is 18.2 Å². The molecule has 0 aliphatic carbocycles. The van der Waals surface area contributed by atoms with E-state index in [1.807, 2.05) is 52.0 Å². The summed E-state index contributed by atoms with van der Waals surface area (Å²) in [5, 5.41) is 9.27. The number of nitrogens with zero attached hydrogens (tertiary/aromatic N) is 1. The predicted octanol–water partition coefficient (Wildman–Crippen LogP) is 4.10. The van der Waals surface area contributed by atoms with Crippen molar-refractivity contribution in [3.05, 3.63) is 64.1 Å². The van der Waals surface area contributed by atoms with Gasteiger partial charge < -0.3 is 9.84 Å². The van der Waals surface area contributed by atoms with Crippen LogP contribution in [0.5, 0.6) is 5.75 Å². The van der Waals surface area contributed by atoms with E-state index in [1.165, 1.54) is 16.7 Å². The second kappa shape index (κ2) is 8.84. The molecule has 2 aromatic carbocycles. The van der Waals surface area contributed by atoms with Gasteiger partial charge in [-0.1, -0.05) is 30.3 Å². The van der Waals surface area contributed by atoms with E-state index in [4.69, 9.17) is 4.74 Å². The molecule has 2 amide bonds. The van der Waals surface area contributed by atoms with Gasteiger partial charge >= 0.3 is 0 Å². The molecule has 1 aliphatic rings. The number of rotatable bonds is 7. The van der Waals surface area contributed by atoms with Crippen LogP contribution in [0.3, 0.4) is 0 Å². The highest BCUT2D eigenvalue weighted by atomic mass is 32.2. The number of amides is 2. The van der Waals surface area contributed by atoms with Gasteiger partial charge in [-0.25, -0.2) is 4.90 Å². The number of aliphatic hydroxyl groups excluding tert-OH is 1. The number of benzene rings is 2. The van der Waals surface area contributed by atoms with Crippen molar-refractivity contribution in [2.45, 2.75) is 33.8 Å². The van der Waals surface area contributed by atoms with Crippen molar-refractivity contribution >= 4 is 34.8 Å². The molecule has 0 saturated heterocycles. The maximum atomic E-state index is 13.4. The first-order valence-corrected chi connectivity index (χ1v) is 10.5. The van der Waals surface area contributed by atoms with E-state index in [9.17, 15) is 14.7 Å². The molecule has 0 saturated carbocycles. The van der Waals surface area contributed by atoms with Crippen LogP contribution in [-0.4, -0.2) is 35.4 Å². The van der Waals surface area contributed by atoms with Gasteiger partial charge in [0.25, 0.3) is 11.8 Å². The molecule has 152 valence electrons. The van der Waals surface area contributed by atoms with E-state index >= 15 is 0 Å². The van der Waals surface area contributed by atoms with Gasteiger partial charge in [0.05, 0.1) is 28.9 Å². The number of aryl methyl sites for hydroxylation is 2. The highest BCUT2D eigenvalue weighted by Gasteiger charge is 2.41. The number of imide groups is 1. The number of carbonyl (C=O) groups is 2. The van der Waals surface area contributed by atoms with Crippen LogP contribution in [0.1, 0.15) is 30.5 Å². The Kier molecular flexibility index (Phi) is 6.45. The molecule has 0 unspecified atom stereocenters. The Bertz CT molecular complexity index is 981. The van der Waals surface area contributed by atoms with Crippen molar-refractivity contribution in [1.29, 1.82) is 0 Å². The molecule has 0 bridgehead atoms. The van der Waals surface area contributed by atoms with Gasteiger partial charge in [0.1, 0.15) is 5.75 Å². The number of aliphatic hydroxyl groups is 1. The number of para-hydroxylation sites is 2. The van der Waals surface area contributed by atoms with Crippen molar-refractivity contribution in [2.24, 2.45) is 0 Å². The molecule has 0 aromatic heterocycles. The standard InChI is InChI=1S/C23H25NO4S/c1-14(2)28-19-8-6-5-7-18(19)24-22(26)20(21(23(24)27)29-12-11-25)17-10-9-15(3)16(4)13-17/h5-10,13-14,25H,11-12H2,1-4H3. The molecule has 0 fully saturated rings. The first-order chi connectivity index (χ1) is 13.8. The third-order valence-corrected chi connectivity index (χ3v) is 5.70. The quantitative estimate of drug-likeness (QED) is 0.695. The lowest BCUT2D eigenvalue weighted by Crippen LogP contribution is -2.32. The first kappa shape index (κ1) is 21.1. The highest BCUT2D eigenvalue weighted by Crippen LogP contribution is 2.41. The highest BCUT2D eigenvalue weighted by molar-refractivity contribution is 8.04. The summed E-state index contributed by atoms with van der Waals surface area (Å²) in [6.45, 7) is 7.69. The third-order valence-electron chi connectivity index (χ3n) is 4.64. The smallest absolute Gasteiger partial charge is 0.272 e. The zero-order chi connectivity index (χ0) is 21.1. The second-order valence-corrected chi connectivity index (χ2v) is 8.26. The van der Waals surface area contributed by atoms with Gasteiger partial charge in [-0.15, -0.1) is 11.8 Å². The average Bonchev–Trinajstić information content (AvgIpc) is 2.92. The van der Waals surface area contributed by atoms with E-state index in [0.717, 1.165) is 11.1 Å². The van der Waals surface area contributed by atoms with Crippen LogP contribution >= 0.6 is 11.8 Å². The van der Waals surface area contributed by atoms with E-state index < -0.39 is 0 Å². The topological polar surface area (TPSA) is 66.8 Å². The van der Waals surface area contributed by atoms with E-state index in [0.29, 0.717) is 33.2 Å². The van der Waals surface area contributed by atoms with Gasteiger partial charge in [-0.3, -0.25) is 9.59 Å². The number of thioether (sulfide) groups is 1. The van der Waals surface area contributed by atoms with Crippen molar-refractivity contribution < 1.29 is 19.4 Å². The molecule has 3 rings (SSSR count). The summed E-state index contributed by atoms with van der Waals surface area (Å²) in [7, 11) is 0. The Morgan fingerprint density at radius 3 is 2.41 bits per heavy atom. The van der Waals surface area contributed by atoms with E-state index in [-0.39, 0.29) is 24.5 Å². The summed E-state index contributed by atoms with van der Waals surface area (Å²) in [5.74, 6) is 0.0535. The van der Waals surface area contributed by atoms with Gasteiger partial charge in [0.15, 0.2) is 0 Å². The third kappa shape index (κ3) is 4.23. The number of hydrogen-bond acceptors (Lipinski definition) is 5. The lowest BCUT2D eigenvalue weighted by Gasteiger charge is -2.20. The molecule has 1 heterocycles. The summed E-state index contributed by atoms with van der Waals surface area (Å²) >= 11 is 1.20. The number of hydrogen-bond donors (Lipinski definition) is 1. The summed E-state index contributed by atoms with van der Waals surface area (Å²) in [6.07, 6.45) is -0.0978. The summed E-state index contributed by atoms with van der Waals surface area (Å²) in [5.41, 5.74) is 3.66. The van der Waals surface area contributed by atoms with Crippen LogP contribution in [0.2, 0.25) is 0 Å². The molecular weight excluding hydrogens is 386 g/mol. The monoisotopic (exact) mass is 411 g/mol. The summed E-state index contributed by atoms with van der Waals surface area (Å²) in [4.78, 5) is 28.3. The number of ether oxygens (including phenoxy) is 1. The van der Waals surface area contributed by atoms with Crippen molar-refractivity contribution in [3.8, 4) is 5.75 Å². The van der Waals surface area contributed by atoms with E-state index in [2.05, 4.69) is 0 Å². The molecule has 2 aromatic rings. The average molecular weight is 412 g/mol. The van der Waals surface area contributed by atoms with Crippen LogP contribution in [0.15, 0.2) is 47.4 Å². The lowest BCUT2D eigenvalue weighted by atomic mass is 10.0. The lowest BCUT2D eigenvalue weighted by molar-refractivity contribution is -0.119. The predicted molar refractivity (Wildman–Crippen MR) is 117 cm³/mol. The summed E-state index contributed by atoms with van der Waals surface area (Å²) < 4.78 is 5.84.